The van der Waals surface area contributed by atoms with E-state index < -0.39 is 6.60 Å². The summed E-state index contributed by atoms with van der Waals surface area (Å²) in [7, 11) is 0. The molecule has 0 aromatic rings. The minimum atomic E-state index is -1.18. The van der Waals surface area contributed by atoms with Crippen LogP contribution in [0.2, 0.25) is 0 Å². The molecule has 0 atom stereocenters. The third kappa shape index (κ3) is 2.67. The van der Waals surface area contributed by atoms with E-state index in [4.69, 9.17) is 0 Å². The van der Waals surface area contributed by atoms with E-state index >= 15 is 0 Å². The van der Waals surface area contributed by atoms with Crippen LogP contribution in [0.5, 0.6) is 0 Å². The Labute approximate surface area is 53.6 Å². The summed E-state index contributed by atoms with van der Waals surface area (Å²) in [6.07, 6.45) is 0. The van der Waals surface area contributed by atoms with Crippen LogP contribution in [0.1, 0.15) is 13.8 Å². The van der Waals surface area contributed by atoms with Crippen molar-refractivity contribution in [2.45, 2.75) is 19.5 Å². The summed E-state index contributed by atoms with van der Waals surface area (Å²) >= 11 is 0. The molecule has 0 spiro atoms. The van der Waals surface area contributed by atoms with Gasteiger partial charge in [0.25, 0.3) is 0 Å². The van der Waals surface area contributed by atoms with Gasteiger partial charge in [-0.3, -0.25) is 0 Å². The Kier molecular flexibility index (Phi) is 1.79. The molecular weight excluding hydrogens is 115 g/mol. The zero-order valence-corrected chi connectivity index (χ0v) is 7.92. The van der Waals surface area contributed by atoms with Crippen molar-refractivity contribution in [2.24, 2.45) is 0 Å². The second-order valence-corrected chi connectivity index (χ2v) is 13.3. The zero-order valence-electron chi connectivity index (χ0n) is 7.02. The van der Waals surface area contributed by atoms with Gasteiger partial charge in [-0.1, -0.05) is 0 Å². The van der Waals surface area contributed by atoms with E-state index in [1.54, 1.807) is 0 Å². The number of hydrogen-bond donors (Lipinski definition) is 0. The Morgan fingerprint density at radius 3 is 1.00 bits per heavy atom. The summed E-state index contributed by atoms with van der Waals surface area (Å²) in [4.78, 5) is 0. The Morgan fingerprint density at radius 1 is 0.875 bits per heavy atom. The normalized spacial score (nSPS) is 18.1. The molecule has 0 amide bonds. The van der Waals surface area contributed by atoms with Crippen LogP contribution >= 0.6 is 6.60 Å². The molecule has 0 aromatic carbocycles. The third-order valence-electron chi connectivity index (χ3n) is 2.07. The van der Waals surface area contributed by atoms with Gasteiger partial charge in [-0.15, -0.1) is 0 Å². The van der Waals surface area contributed by atoms with Crippen LogP contribution < -0.4 is 0 Å². The van der Waals surface area contributed by atoms with Crippen LogP contribution in [0.15, 0.2) is 0 Å². The quantitative estimate of drug-likeness (QED) is 0.483. The molecule has 0 nitrogen and oxygen atoms in total. The second kappa shape index (κ2) is 1.70. The number of rotatable bonds is 1. The van der Waals surface area contributed by atoms with Crippen molar-refractivity contribution in [3.05, 3.63) is 0 Å². The van der Waals surface area contributed by atoms with E-state index in [-0.39, 0.29) is 0 Å². The Bertz CT molecular complexity index is 75.1. The first kappa shape index (κ1) is 8.43. The van der Waals surface area contributed by atoms with E-state index in [0.29, 0.717) is 0 Å². The van der Waals surface area contributed by atoms with E-state index in [1.807, 2.05) is 0 Å². The molecule has 0 N–H and O–H groups in total. The van der Waals surface area contributed by atoms with Gasteiger partial charge in [-0.05, 0) is 0 Å². The van der Waals surface area contributed by atoms with E-state index in [9.17, 15) is 0 Å². The summed E-state index contributed by atoms with van der Waals surface area (Å²) in [6.45, 7) is 13.1. The summed E-state index contributed by atoms with van der Waals surface area (Å²) < 4.78 is 0. The first-order chi connectivity index (χ1) is 3.20. The molecule has 0 unspecified atom stereocenters. The predicted octanol–water partition coefficient (Wildman–Crippen LogP) is 2.47. The Hall–Kier alpha value is 0.430. The molecule has 8 heavy (non-hydrogen) atoms. The monoisotopic (exact) mass is 134 g/mol. The molecular formula is C7H19P. The van der Waals surface area contributed by atoms with E-state index in [1.165, 1.54) is 0 Å². The van der Waals surface area contributed by atoms with Gasteiger partial charge in [0.15, 0.2) is 0 Å². The molecule has 0 fully saturated rings. The zero-order chi connectivity index (χ0) is 7.02. The molecule has 0 aliphatic carbocycles. The van der Waals surface area contributed by atoms with Crippen LogP contribution in [0.25, 0.3) is 0 Å². The van der Waals surface area contributed by atoms with Gasteiger partial charge in [0, 0.05) is 0 Å². The van der Waals surface area contributed by atoms with Crippen LogP contribution in [0.4, 0.5) is 0 Å². The molecule has 0 radical (unpaired) electrons. The SMILES string of the molecule is CC(C)P(C)(C)(C)C. The molecule has 0 heterocycles. The van der Waals surface area contributed by atoms with Crippen molar-refractivity contribution in [2.75, 3.05) is 26.7 Å². The average Bonchev–Trinajstić information content (AvgIpc) is 1.27. The van der Waals surface area contributed by atoms with Gasteiger partial charge in [0.2, 0.25) is 0 Å². The summed E-state index contributed by atoms with van der Waals surface area (Å²) in [5, 5.41) is 0. The Morgan fingerprint density at radius 2 is 1.00 bits per heavy atom. The van der Waals surface area contributed by atoms with Gasteiger partial charge in [-0.2, -0.15) is 0 Å². The fraction of sp³-hybridized carbons (Fsp3) is 1.00. The molecule has 1 heteroatoms. The minimum absolute atomic E-state index is 0.876. The summed E-state index contributed by atoms with van der Waals surface area (Å²) in [6, 6.07) is 0. The first-order valence-corrected chi connectivity index (χ1v) is 7.30. The van der Waals surface area contributed by atoms with Crippen LogP contribution in [0.3, 0.4) is 0 Å². The van der Waals surface area contributed by atoms with Crippen molar-refractivity contribution < 1.29 is 0 Å². The van der Waals surface area contributed by atoms with Gasteiger partial charge in [-0.25, -0.2) is 0 Å². The van der Waals surface area contributed by atoms with Crippen molar-refractivity contribution in [1.29, 1.82) is 0 Å². The molecule has 0 saturated carbocycles. The fourth-order valence-corrected chi connectivity index (χ4v) is 0. The fourth-order valence-electron chi connectivity index (χ4n) is 0. The summed E-state index contributed by atoms with van der Waals surface area (Å²) in [5.41, 5.74) is 0.876. The van der Waals surface area contributed by atoms with Gasteiger partial charge < -0.3 is 0 Å². The molecule has 0 aliphatic heterocycles. The maximum absolute atomic E-state index is 2.41. The molecule has 0 saturated heterocycles. The van der Waals surface area contributed by atoms with E-state index in [0.717, 1.165) is 5.66 Å². The average molecular weight is 134 g/mol. The van der Waals surface area contributed by atoms with Gasteiger partial charge in [0.05, 0.1) is 0 Å². The molecule has 0 aromatic heterocycles. The van der Waals surface area contributed by atoms with Crippen LogP contribution in [-0.2, 0) is 0 Å². The van der Waals surface area contributed by atoms with Crippen molar-refractivity contribution in [3.8, 4) is 0 Å². The standard InChI is InChI=1S/C7H19P/c1-7(2)8(3,4,5)6/h7H,1-6H3. The van der Waals surface area contributed by atoms with Crippen LogP contribution in [0, 0.1) is 0 Å². The van der Waals surface area contributed by atoms with Gasteiger partial charge >= 0.3 is 52.8 Å². The van der Waals surface area contributed by atoms with Gasteiger partial charge in [0.1, 0.15) is 0 Å². The third-order valence-corrected chi connectivity index (χ3v) is 6.20. The molecule has 0 bridgehead atoms. The molecule has 0 rings (SSSR count). The van der Waals surface area contributed by atoms with Crippen molar-refractivity contribution in [3.63, 3.8) is 0 Å². The maximum atomic E-state index is 2.41. The van der Waals surface area contributed by atoms with Crippen molar-refractivity contribution in [1.82, 2.24) is 0 Å². The Balaban J connectivity index is 4.14. The predicted molar refractivity (Wildman–Crippen MR) is 45.8 cm³/mol. The van der Waals surface area contributed by atoms with Crippen molar-refractivity contribution >= 4 is 6.60 Å². The molecule has 52 valence electrons. The topological polar surface area (TPSA) is 0 Å². The summed E-state index contributed by atoms with van der Waals surface area (Å²) in [5.74, 6) is 0. The molecule has 0 aliphatic rings. The van der Waals surface area contributed by atoms with Crippen LogP contribution in [-0.4, -0.2) is 32.3 Å². The second-order valence-electron chi connectivity index (χ2n) is 4.81. The van der Waals surface area contributed by atoms with E-state index in [2.05, 4.69) is 40.5 Å². The number of hydrogen-bond acceptors (Lipinski definition) is 0. The first-order valence-electron chi connectivity index (χ1n) is 3.20.